The van der Waals surface area contributed by atoms with E-state index in [0.717, 1.165) is 12.5 Å². The third-order valence-corrected chi connectivity index (χ3v) is 4.92. The van der Waals surface area contributed by atoms with E-state index < -0.39 is 9.84 Å². The molecule has 0 atom stereocenters. The summed E-state index contributed by atoms with van der Waals surface area (Å²) in [4.78, 5) is 28.1. The molecule has 0 radical (unpaired) electrons. The summed E-state index contributed by atoms with van der Waals surface area (Å²) in [7, 11) is 0.893. The summed E-state index contributed by atoms with van der Waals surface area (Å²) >= 11 is 0. The van der Waals surface area contributed by atoms with Crippen LogP contribution in [0.2, 0.25) is 0 Å². The van der Waals surface area contributed by atoms with Gasteiger partial charge in [0.15, 0.2) is 17.3 Å². The first kappa shape index (κ1) is 35.4. The molecule has 4 rings (SSSR count). The lowest BCUT2D eigenvalue weighted by Gasteiger charge is -2.28. The highest BCUT2D eigenvalue weighted by molar-refractivity contribution is 7.89. The molecule has 0 amide bonds. The highest BCUT2D eigenvalue weighted by Crippen LogP contribution is 2.48. The van der Waals surface area contributed by atoms with Gasteiger partial charge in [0.2, 0.25) is 0 Å². The third kappa shape index (κ3) is 8.96. The number of rotatable bonds is 3. The summed E-state index contributed by atoms with van der Waals surface area (Å²) in [5.74, 6) is 0.0395. The van der Waals surface area contributed by atoms with Crippen molar-refractivity contribution in [3.63, 3.8) is 0 Å². The fourth-order valence-electron chi connectivity index (χ4n) is 3.57. The predicted molar refractivity (Wildman–Crippen MR) is 162 cm³/mol. The van der Waals surface area contributed by atoms with Crippen LogP contribution in [-0.4, -0.2) is 51.7 Å². The smallest absolute Gasteiger partial charge is 0.198 e. The minimum Gasteiger partial charge on any atom is -0.507 e. The van der Waals surface area contributed by atoms with Crippen LogP contribution in [0, 0.1) is 6.92 Å². The van der Waals surface area contributed by atoms with Crippen LogP contribution in [-0.2, 0) is 9.84 Å². The number of aromatic hydroxyl groups is 1. The van der Waals surface area contributed by atoms with Crippen molar-refractivity contribution < 1.29 is 27.9 Å². The molecule has 3 aromatic carbocycles. The van der Waals surface area contributed by atoms with Gasteiger partial charge in [0, 0.05) is 43.3 Å². The molecule has 8 heteroatoms. The standard InChI is InChI=1S/C23H19NO4.C2H6O2S.3C2H6/c1-13-20(25)18-17(21(26)15-11-7-8-12-16(15)22(18)27)19(24(2)3)23(13)28-14-9-5-4-6-10-14;1-5(2,3)4;3*1-2/h4-12,25H,1-3H3;1-2H3;3*1-2H3. The molecule has 0 bridgehead atoms. The summed E-state index contributed by atoms with van der Waals surface area (Å²) in [5.41, 5.74) is 1.72. The summed E-state index contributed by atoms with van der Waals surface area (Å²) in [5, 5.41) is 10.9. The number of fused-ring (bicyclic) bond motifs is 2. The maximum absolute atomic E-state index is 13.3. The van der Waals surface area contributed by atoms with E-state index >= 15 is 0 Å². The SMILES string of the molecule is CC.CC.CC.CS(C)(=O)=O.Cc1c(O)c2c(c(N(C)C)c1Oc1ccccc1)C(=O)c1ccccc1C2=O. The Morgan fingerprint density at radius 2 is 1.10 bits per heavy atom. The van der Waals surface area contributed by atoms with Crippen LogP contribution in [0.5, 0.6) is 17.2 Å². The van der Waals surface area contributed by atoms with Crippen molar-refractivity contribution >= 4 is 27.1 Å². The monoisotopic (exact) mass is 557 g/mol. The molecular weight excluding hydrogens is 514 g/mol. The Kier molecular flexibility index (Phi) is 14.8. The van der Waals surface area contributed by atoms with E-state index in [9.17, 15) is 23.1 Å². The number of ether oxygens (including phenoxy) is 1. The summed E-state index contributed by atoms with van der Waals surface area (Å²) in [6.45, 7) is 13.7. The van der Waals surface area contributed by atoms with Crippen LogP contribution in [0.1, 0.15) is 78.9 Å². The largest absolute Gasteiger partial charge is 0.507 e. The molecule has 1 aliphatic carbocycles. The minimum atomic E-state index is -2.67. The zero-order chi connectivity index (χ0) is 30.5. The molecule has 1 aliphatic rings. The maximum Gasteiger partial charge on any atom is 0.198 e. The van der Waals surface area contributed by atoms with Gasteiger partial charge in [0.05, 0.1) is 16.8 Å². The minimum absolute atomic E-state index is 0.0327. The Hall–Kier alpha value is -3.65. The second kappa shape index (κ2) is 16.3. The van der Waals surface area contributed by atoms with E-state index in [2.05, 4.69) is 0 Å². The molecule has 1 N–H and O–H groups in total. The van der Waals surface area contributed by atoms with Crippen molar-refractivity contribution in [1.29, 1.82) is 0 Å². The molecule has 0 spiro atoms. The molecule has 0 heterocycles. The maximum atomic E-state index is 13.3. The summed E-state index contributed by atoms with van der Waals surface area (Å²) in [6.07, 6.45) is 2.32. The number of sulfone groups is 1. The lowest BCUT2D eigenvalue weighted by atomic mass is 9.81. The Labute approximate surface area is 234 Å². The number of benzene rings is 3. The molecule has 0 saturated carbocycles. The average molecular weight is 558 g/mol. The van der Waals surface area contributed by atoms with Gasteiger partial charge in [-0.15, -0.1) is 0 Å². The van der Waals surface area contributed by atoms with E-state index in [-0.39, 0.29) is 28.4 Å². The average Bonchev–Trinajstić information content (AvgIpc) is 2.92. The predicted octanol–water partition coefficient (Wildman–Crippen LogP) is 7.07. The topological polar surface area (TPSA) is 101 Å². The van der Waals surface area contributed by atoms with E-state index in [0.29, 0.717) is 33.9 Å². The molecule has 0 saturated heterocycles. The van der Waals surface area contributed by atoms with Gasteiger partial charge in [-0.3, -0.25) is 9.59 Å². The first-order valence-electron chi connectivity index (χ1n) is 13.0. The van der Waals surface area contributed by atoms with Crippen LogP contribution >= 0.6 is 0 Å². The quantitative estimate of drug-likeness (QED) is 0.287. The third-order valence-electron chi connectivity index (χ3n) is 4.92. The van der Waals surface area contributed by atoms with Gasteiger partial charge < -0.3 is 14.7 Å². The number of nitrogens with zero attached hydrogens (tertiary/aromatic N) is 1. The van der Waals surface area contributed by atoms with Crippen molar-refractivity contribution in [1.82, 2.24) is 0 Å². The Morgan fingerprint density at radius 3 is 1.51 bits per heavy atom. The number of para-hydroxylation sites is 1. The number of hydrogen-bond acceptors (Lipinski definition) is 7. The molecule has 214 valence electrons. The molecule has 0 fully saturated rings. The van der Waals surface area contributed by atoms with Gasteiger partial charge in [0.25, 0.3) is 0 Å². The van der Waals surface area contributed by atoms with Crippen molar-refractivity contribution in [3.05, 3.63) is 82.4 Å². The number of carbonyl (C=O) groups is 2. The van der Waals surface area contributed by atoms with Crippen molar-refractivity contribution in [2.75, 3.05) is 31.5 Å². The van der Waals surface area contributed by atoms with Gasteiger partial charge in [-0.2, -0.15) is 0 Å². The summed E-state index contributed by atoms with van der Waals surface area (Å²) < 4.78 is 25.3. The number of phenols is 1. The number of ketones is 2. The first-order chi connectivity index (χ1) is 18.4. The number of hydrogen-bond donors (Lipinski definition) is 1. The first-order valence-corrected chi connectivity index (χ1v) is 15.3. The lowest BCUT2D eigenvalue weighted by Crippen LogP contribution is -2.25. The Morgan fingerprint density at radius 1 is 0.718 bits per heavy atom. The molecule has 3 aromatic rings. The molecule has 39 heavy (non-hydrogen) atoms. The summed E-state index contributed by atoms with van der Waals surface area (Å²) in [6, 6.07) is 15.8. The molecule has 0 unspecified atom stereocenters. The van der Waals surface area contributed by atoms with Crippen molar-refractivity contribution in [2.45, 2.75) is 48.5 Å². The van der Waals surface area contributed by atoms with E-state index in [1.54, 1.807) is 62.3 Å². The van der Waals surface area contributed by atoms with Gasteiger partial charge in [-0.25, -0.2) is 8.42 Å². The van der Waals surface area contributed by atoms with Crippen LogP contribution < -0.4 is 9.64 Å². The van der Waals surface area contributed by atoms with E-state index in [4.69, 9.17) is 4.74 Å². The van der Waals surface area contributed by atoms with Gasteiger partial charge in [-0.05, 0) is 19.1 Å². The number of anilines is 1. The van der Waals surface area contributed by atoms with Gasteiger partial charge >= 0.3 is 0 Å². The van der Waals surface area contributed by atoms with E-state index in [1.165, 1.54) is 0 Å². The van der Waals surface area contributed by atoms with Crippen LogP contribution in [0.4, 0.5) is 5.69 Å². The lowest BCUT2D eigenvalue weighted by molar-refractivity contribution is 0.0976. The van der Waals surface area contributed by atoms with Crippen LogP contribution in [0.3, 0.4) is 0 Å². The molecule has 7 nitrogen and oxygen atoms in total. The Bertz CT molecular complexity index is 1340. The zero-order valence-electron chi connectivity index (χ0n) is 25.0. The van der Waals surface area contributed by atoms with E-state index in [1.807, 2.05) is 59.7 Å². The number of carbonyl (C=O) groups excluding carboxylic acids is 2. The number of phenolic OH excluding ortho intramolecular Hbond substituents is 1. The highest BCUT2D eigenvalue weighted by Gasteiger charge is 2.38. The second-order valence-corrected chi connectivity index (χ2v) is 10.3. The van der Waals surface area contributed by atoms with Gasteiger partial charge in [0.1, 0.15) is 21.3 Å². The molecule has 0 aromatic heterocycles. The van der Waals surface area contributed by atoms with Gasteiger partial charge in [-0.1, -0.05) is 84.0 Å². The second-order valence-electron chi connectivity index (χ2n) is 8.06. The fraction of sp³-hybridized carbons (Fsp3) is 0.355. The van der Waals surface area contributed by atoms with Crippen LogP contribution in [0.25, 0.3) is 0 Å². The normalized spacial score (nSPS) is 10.8. The highest BCUT2D eigenvalue weighted by atomic mass is 32.2. The Balaban J connectivity index is 0.00000115. The van der Waals surface area contributed by atoms with Crippen molar-refractivity contribution in [2.24, 2.45) is 0 Å². The molecular formula is C31H43NO6S. The molecule has 0 aliphatic heterocycles. The van der Waals surface area contributed by atoms with Crippen LogP contribution in [0.15, 0.2) is 54.6 Å². The zero-order valence-corrected chi connectivity index (χ0v) is 25.9. The fourth-order valence-corrected chi connectivity index (χ4v) is 3.57. The van der Waals surface area contributed by atoms with Crippen molar-refractivity contribution in [3.8, 4) is 17.2 Å².